The Bertz CT molecular complexity index is 1050. The number of hydrogen-bond donors (Lipinski definition) is 2. The fraction of sp³-hybridized carbons (Fsp3) is 0.227. The Kier molecular flexibility index (Phi) is 5.94. The number of para-hydroxylation sites is 1. The summed E-state index contributed by atoms with van der Waals surface area (Å²) in [5.74, 6) is -0.591. The lowest BCUT2D eigenvalue weighted by molar-refractivity contribution is 0.0725. The summed E-state index contributed by atoms with van der Waals surface area (Å²) in [5, 5.41) is 6.06. The minimum absolute atomic E-state index is 0.0665. The monoisotopic (exact) mass is 423 g/mol. The highest BCUT2D eigenvalue weighted by molar-refractivity contribution is 7.18. The third kappa shape index (κ3) is 4.44. The number of piperidine rings is 1. The van der Waals surface area contributed by atoms with E-state index in [-0.39, 0.29) is 23.5 Å². The summed E-state index contributed by atoms with van der Waals surface area (Å²) in [6.45, 7) is 1.48. The summed E-state index contributed by atoms with van der Waals surface area (Å²) in [5.41, 5.74) is 0.961. The fourth-order valence-corrected chi connectivity index (χ4v) is 4.13. The molecule has 0 saturated carbocycles. The lowest BCUT2D eigenvalue weighted by Gasteiger charge is -2.27. The molecule has 1 aliphatic heterocycles. The number of nitrogens with zero attached hydrogens (tertiary/aromatic N) is 1. The predicted octanol–water partition coefficient (Wildman–Crippen LogP) is 4.47. The summed E-state index contributed by atoms with van der Waals surface area (Å²) < 4.78 is 5.06. The van der Waals surface area contributed by atoms with E-state index < -0.39 is 0 Å². The molecule has 0 bridgehead atoms. The number of carbonyl (C=O) groups excluding carboxylic acids is 3. The van der Waals surface area contributed by atoms with Crippen LogP contribution in [0.15, 0.2) is 59.2 Å². The first-order valence-corrected chi connectivity index (χ1v) is 10.6. The first-order chi connectivity index (χ1) is 14.6. The molecule has 2 N–H and O–H groups in total. The number of likely N-dealkylation sites (tertiary alicyclic amines) is 1. The molecule has 8 heteroatoms. The van der Waals surface area contributed by atoms with Gasteiger partial charge in [-0.15, -0.1) is 11.3 Å². The van der Waals surface area contributed by atoms with Crippen molar-refractivity contribution in [1.29, 1.82) is 0 Å². The van der Waals surface area contributed by atoms with E-state index in [9.17, 15) is 14.4 Å². The number of nitrogens with one attached hydrogen (secondary N) is 2. The Morgan fingerprint density at radius 2 is 1.67 bits per heavy atom. The first kappa shape index (κ1) is 19.9. The molecule has 1 saturated heterocycles. The maximum absolute atomic E-state index is 12.9. The summed E-state index contributed by atoms with van der Waals surface area (Å²) in [4.78, 5) is 40.0. The summed E-state index contributed by atoms with van der Waals surface area (Å²) in [6.07, 6.45) is 4.56. The number of benzene rings is 1. The zero-order valence-corrected chi connectivity index (χ0v) is 17.0. The molecular weight excluding hydrogens is 402 g/mol. The van der Waals surface area contributed by atoms with Crippen LogP contribution in [0.25, 0.3) is 0 Å². The Morgan fingerprint density at radius 3 is 2.43 bits per heavy atom. The molecular formula is C22H21N3O4S. The number of anilines is 2. The SMILES string of the molecule is O=C(Nc1ccc(C(=O)Nc2ccccc2C(=O)N2CCCCC2)s1)c1ccco1. The Hall–Kier alpha value is -3.39. The number of rotatable bonds is 5. The average molecular weight is 423 g/mol. The van der Waals surface area contributed by atoms with Gasteiger partial charge >= 0.3 is 0 Å². The maximum Gasteiger partial charge on any atom is 0.291 e. The van der Waals surface area contributed by atoms with Crippen molar-refractivity contribution in [3.05, 3.63) is 71.0 Å². The van der Waals surface area contributed by atoms with Gasteiger partial charge < -0.3 is 20.0 Å². The highest BCUT2D eigenvalue weighted by Gasteiger charge is 2.22. The quantitative estimate of drug-likeness (QED) is 0.633. The van der Waals surface area contributed by atoms with E-state index in [1.54, 1.807) is 48.5 Å². The van der Waals surface area contributed by atoms with Gasteiger partial charge in [-0.1, -0.05) is 12.1 Å². The van der Waals surface area contributed by atoms with Crippen molar-refractivity contribution in [2.24, 2.45) is 0 Å². The highest BCUT2D eigenvalue weighted by Crippen LogP contribution is 2.25. The van der Waals surface area contributed by atoms with Crippen molar-refractivity contribution in [1.82, 2.24) is 4.90 Å². The van der Waals surface area contributed by atoms with Crippen LogP contribution in [0.3, 0.4) is 0 Å². The van der Waals surface area contributed by atoms with Crippen molar-refractivity contribution in [3.63, 3.8) is 0 Å². The standard InChI is InChI=1S/C22H21N3O4S/c26-20(17-9-6-14-29-17)24-19-11-10-18(30-19)21(27)23-16-8-3-2-7-15(16)22(28)25-12-4-1-5-13-25/h2-3,6-11,14H,1,4-5,12-13H2,(H,23,27)(H,24,26). The minimum atomic E-state index is -0.383. The maximum atomic E-state index is 12.9. The molecule has 1 fully saturated rings. The van der Waals surface area contributed by atoms with E-state index >= 15 is 0 Å². The van der Waals surface area contributed by atoms with Crippen LogP contribution in [0.1, 0.15) is 49.8 Å². The van der Waals surface area contributed by atoms with Crippen molar-refractivity contribution in [2.45, 2.75) is 19.3 Å². The minimum Gasteiger partial charge on any atom is -0.459 e. The number of thiophene rings is 1. The zero-order chi connectivity index (χ0) is 20.9. The molecule has 154 valence electrons. The van der Waals surface area contributed by atoms with Gasteiger partial charge in [0.05, 0.1) is 27.4 Å². The van der Waals surface area contributed by atoms with Gasteiger partial charge in [0.25, 0.3) is 17.7 Å². The molecule has 0 aliphatic carbocycles. The van der Waals surface area contributed by atoms with Gasteiger partial charge in [-0.2, -0.15) is 0 Å². The van der Waals surface area contributed by atoms with Gasteiger partial charge in [-0.25, -0.2) is 0 Å². The lowest BCUT2D eigenvalue weighted by Crippen LogP contribution is -2.36. The molecule has 3 aromatic rings. The molecule has 3 heterocycles. The third-order valence-electron chi connectivity index (χ3n) is 4.86. The van der Waals surface area contributed by atoms with Gasteiger partial charge in [0.15, 0.2) is 5.76 Å². The van der Waals surface area contributed by atoms with Gasteiger partial charge in [0.1, 0.15) is 0 Å². The highest BCUT2D eigenvalue weighted by atomic mass is 32.1. The van der Waals surface area contributed by atoms with Crippen LogP contribution in [0, 0.1) is 0 Å². The lowest BCUT2D eigenvalue weighted by atomic mass is 10.1. The smallest absolute Gasteiger partial charge is 0.291 e. The summed E-state index contributed by atoms with van der Waals surface area (Å²) in [7, 11) is 0. The van der Waals surface area contributed by atoms with Gasteiger partial charge in [-0.05, 0) is 55.7 Å². The van der Waals surface area contributed by atoms with Crippen molar-refractivity contribution in [3.8, 4) is 0 Å². The van der Waals surface area contributed by atoms with Crippen LogP contribution in [0.5, 0.6) is 0 Å². The molecule has 7 nitrogen and oxygen atoms in total. The van der Waals surface area contributed by atoms with E-state index in [1.165, 1.54) is 6.26 Å². The predicted molar refractivity (Wildman–Crippen MR) is 115 cm³/mol. The summed E-state index contributed by atoms with van der Waals surface area (Å²) in [6, 6.07) is 13.5. The topological polar surface area (TPSA) is 91.7 Å². The van der Waals surface area contributed by atoms with Gasteiger partial charge in [0.2, 0.25) is 0 Å². The Labute approximate surface area is 177 Å². The second-order valence-corrected chi connectivity index (χ2v) is 8.03. The van der Waals surface area contributed by atoms with Crippen molar-refractivity contribution < 1.29 is 18.8 Å². The Balaban J connectivity index is 1.45. The largest absolute Gasteiger partial charge is 0.459 e. The van der Waals surface area contributed by atoms with Crippen LogP contribution >= 0.6 is 11.3 Å². The Morgan fingerprint density at radius 1 is 0.867 bits per heavy atom. The molecule has 0 spiro atoms. The van der Waals surface area contributed by atoms with E-state index in [0.717, 1.165) is 43.7 Å². The van der Waals surface area contributed by atoms with Crippen LogP contribution in [0.4, 0.5) is 10.7 Å². The third-order valence-corrected chi connectivity index (χ3v) is 5.86. The number of amides is 3. The molecule has 30 heavy (non-hydrogen) atoms. The molecule has 4 rings (SSSR count). The molecule has 0 unspecified atom stereocenters. The second kappa shape index (κ2) is 8.96. The summed E-state index contributed by atoms with van der Waals surface area (Å²) >= 11 is 1.15. The van der Waals surface area contributed by atoms with Crippen molar-refractivity contribution >= 4 is 39.7 Å². The zero-order valence-electron chi connectivity index (χ0n) is 16.2. The average Bonchev–Trinajstić information content (AvgIpc) is 3.47. The molecule has 1 aliphatic rings. The van der Waals surface area contributed by atoms with Gasteiger partial charge in [0, 0.05) is 13.1 Å². The van der Waals surface area contributed by atoms with Crippen LogP contribution in [-0.2, 0) is 0 Å². The van der Waals surface area contributed by atoms with E-state index in [2.05, 4.69) is 10.6 Å². The number of carbonyl (C=O) groups is 3. The van der Waals surface area contributed by atoms with Crippen LogP contribution < -0.4 is 10.6 Å². The molecule has 0 atom stereocenters. The van der Waals surface area contributed by atoms with Crippen molar-refractivity contribution in [2.75, 3.05) is 23.7 Å². The molecule has 3 amide bonds. The van der Waals surface area contributed by atoms with Gasteiger partial charge in [-0.3, -0.25) is 14.4 Å². The van der Waals surface area contributed by atoms with E-state index in [1.807, 2.05) is 4.90 Å². The number of hydrogen-bond acceptors (Lipinski definition) is 5. The fourth-order valence-electron chi connectivity index (χ4n) is 3.34. The van der Waals surface area contributed by atoms with E-state index in [4.69, 9.17) is 4.42 Å². The molecule has 0 radical (unpaired) electrons. The van der Waals surface area contributed by atoms with E-state index in [0.29, 0.717) is 21.1 Å². The van der Waals surface area contributed by atoms with Crippen LogP contribution in [-0.4, -0.2) is 35.7 Å². The number of furan rings is 1. The molecule has 2 aromatic heterocycles. The first-order valence-electron chi connectivity index (χ1n) is 9.76. The van der Waals surface area contributed by atoms with Crippen LogP contribution in [0.2, 0.25) is 0 Å². The normalized spacial score (nSPS) is 13.7. The second-order valence-electron chi connectivity index (χ2n) is 6.95. The molecule has 1 aromatic carbocycles.